The van der Waals surface area contributed by atoms with Crippen LogP contribution in [-0.4, -0.2) is 12.5 Å². The predicted octanol–water partition coefficient (Wildman–Crippen LogP) is 4.50. The molecule has 6 heteroatoms. The Hall–Kier alpha value is -1.30. The highest BCUT2D eigenvalue weighted by molar-refractivity contribution is 5.36. The maximum absolute atomic E-state index is 13.0. The number of ether oxygens (including phenoxy) is 1. The van der Waals surface area contributed by atoms with Gasteiger partial charge >= 0.3 is 12.5 Å². The molecule has 1 rings (SSSR count). The van der Waals surface area contributed by atoms with Crippen molar-refractivity contribution in [1.29, 1.82) is 0 Å². The Morgan fingerprint density at radius 1 is 1.20 bits per heavy atom. The molecule has 0 aliphatic heterocycles. The Bertz CT molecular complexity index is 412. The first-order valence-corrected chi connectivity index (χ1v) is 6.58. The zero-order valence-corrected chi connectivity index (χ0v) is 11.3. The Morgan fingerprint density at radius 3 is 2.45 bits per heavy atom. The van der Waals surface area contributed by atoms with Crippen LogP contribution < -0.4 is 10.5 Å². The van der Waals surface area contributed by atoms with Gasteiger partial charge in [0.2, 0.25) is 0 Å². The van der Waals surface area contributed by atoms with Crippen LogP contribution in [-0.2, 0) is 0 Å². The molecule has 0 bridgehead atoms. The lowest BCUT2D eigenvalue weighted by Crippen LogP contribution is -2.34. The number of alkyl halides is 4. The first kappa shape index (κ1) is 16.8. The Labute approximate surface area is 115 Å². The highest BCUT2D eigenvalue weighted by Crippen LogP contribution is 2.33. The Morgan fingerprint density at radius 2 is 1.85 bits per heavy atom. The highest BCUT2D eigenvalue weighted by atomic mass is 19.3. The van der Waals surface area contributed by atoms with Crippen LogP contribution in [0.3, 0.4) is 0 Å². The van der Waals surface area contributed by atoms with Crippen LogP contribution >= 0.6 is 0 Å². The topological polar surface area (TPSA) is 35.2 Å². The fourth-order valence-electron chi connectivity index (χ4n) is 1.84. The lowest BCUT2D eigenvalue weighted by molar-refractivity contribution is -0.253. The van der Waals surface area contributed by atoms with Crippen molar-refractivity contribution < 1.29 is 22.3 Å². The number of benzene rings is 1. The molecule has 0 aromatic heterocycles. The van der Waals surface area contributed by atoms with Crippen LogP contribution in [0, 0.1) is 0 Å². The van der Waals surface area contributed by atoms with Crippen molar-refractivity contribution >= 4 is 0 Å². The molecule has 0 fully saturated rings. The third-order valence-corrected chi connectivity index (χ3v) is 2.94. The number of hydrogen-bond donors (Lipinski definition) is 1. The molecular weight excluding hydrogens is 274 g/mol. The first-order valence-electron chi connectivity index (χ1n) is 6.58. The van der Waals surface area contributed by atoms with Gasteiger partial charge in [-0.3, -0.25) is 0 Å². The summed E-state index contributed by atoms with van der Waals surface area (Å²) in [6, 6.07) is 5.30. The van der Waals surface area contributed by atoms with E-state index < -0.39 is 18.6 Å². The summed E-state index contributed by atoms with van der Waals surface area (Å²) in [7, 11) is 0. The Balaban J connectivity index is 2.82. The van der Waals surface area contributed by atoms with E-state index in [2.05, 4.69) is 4.74 Å². The molecule has 2 N–H and O–H groups in total. The van der Waals surface area contributed by atoms with E-state index in [4.69, 9.17) is 5.73 Å². The van der Waals surface area contributed by atoms with Crippen LogP contribution in [0.25, 0.3) is 0 Å². The van der Waals surface area contributed by atoms with Crippen molar-refractivity contribution in [2.24, 2.45) is 5.73 Å². The van der Waals surface area contributed by atoms with Crippen LogP contribution in [0.4, 0.5) is 17.6 Å². The van der Waals surface area contributed by atoms with Crippen molar-refractivity contribution in [2.45, 2.75) is 51.2 Å². The standard InChI is InChI=1S/C14H19F4NO/c1-2-3-4-8-11(19)10-7-5-6-9-12(10)20-14(17,18)13(15)16/h5-7,9,11,13H,2-4,8,19H2,1H3/t11-/m1/s1. The monoisotopic (exact) mass is 293 g/mol. The van der Waals surface area contributed by atoms with E-state index in [1.165, 1.54) is 18.2 Å². The lowest BCUT2D eigenvalue weighted by atomic mass is 10.0. The average Bonchev–Trinajstić information content (AvgIpc) is 2.39. The van der Waals surface area contributed by atoms with Crippen molar-refractivity contribution in [3.8, 4) is 5.75 Å². The molecule has 0 radical (unpaired) electrons. The molecule has 1 aromatic carbocycles. The minimum atomic E-state index is -4.51. The smallest absolute Gasteiger partial charge is 0.428 e. The van der Waals surface area contributed by atoms with Gasteiger partial charge in [0, 0.05) is 11.6 Å². The largest absolute Gasteiger partial charge is 0.461 e. The summed E-state index contributed by atoms with van der Waals surface area (Å²) < 4.78 is 54.4. The molecule has 114 valence electrons. The molecule has 0 aliphatic carbocycles. The van der Waals surface area contributed by atoms with E-state index in [9.17, 15) is 17.6 Å². The molecule has 0 saturated carbocycles. The maximum atomic E-state index is 13.0. The number of hydrogen-bond acceptors (Lipinski definition) is 2. The van der Waals surface area contributed by atoms with Gasteiger partial charge < -0.3 is 10.5 Å². The second-order valence-electron chi connectivity index (χ2n) is 4.60. The molecule has 0 unspecified atom stereocenters. The Kier molecular flexibility index (Phi) is 6.26. The van der Waals surface area contributed by atoms with Gasteiger partial charge in [0.05, 0.1) is 0 Å². The number of halogens is 4. The molecule has 2 nitrogen and oxygen atoms in total. The summed E-state index contributed by atoms with van der Waals surface area (Å²) >= 11 is 0. The van der Waals surface area contributed by atoms with E-state index in [1.54, 1.807) is 6.07 Å². The van der Waals surface area contributed by atoms with Crippen LogP contribution in [0.5, 0.6) is 5.75 Å². The molecule has 0 amide bonds. The summed E-state index contributed by atoms with van der Waals surface area (Å²) in [5.41, 5.74) is 6.24. The minimum Gasteiger partial charge on any atom is -0.428 e. The van der Waals surface area contributed by atoms with E-state index in [-0.39, 0.29) is 5.75 Å². The third kappa shape index (κ3) is 4.67. The number of unbranched alkanes of at least 4 members (excludes halogenated alkanes) is 2. The van der Waals surface area contributed by atoms with Gasteiger partial charge in [-0.25, -0.2) is 0 Å². The summed E-state index contributed by atoms with van der Waals surface area (Å²) in [6.07, 6.45) is -4.98. The average molecular weight is 293 g/mol. The highest BCUT2D eigenvalue weighted by Gasteiger charge is 2.44. The molecule has 1 atom stereocenters. The van der Waals surface area contributed by atoms with Gasteiger partial charge in [-0.05, 0) is 12.5 Å². The SMILES string of the molecule is CCCCC[C@@H](N)c1ccccc1OC(F)(F)C(F)F. The van der Waals surface area contributed by atoms with E-state index in [0.717, 1.165) is 19.3 Å². The second kappa shape index (κ2) is 7.47. The van der Waals surface area contributed by atoms with E-state index >= 15 is 0 Å². The second-order valence-corrected chi connectivity index (χ2v) is 4.60. The summed E-state index contributed by atoms with van der Waals surface area (Å²) in [5.74, 6) is -0.290. The molecule has 0 spiro atoms. The fourth-order valence-corrected chi connectivity index (χ4v) is 1.84. The van der Waals surface area contributed by atoms with Crippen LogP contribution in [0.1, 0.15) is 44.2 Å². The van der Waals surface area contributed by atoms with Crippen molar-refractivity contribution in [2.75, 3.05) is 0 Å². The lowest BCUT2D eigenvalue weighted by Gasteiger charge is -2.21. The minimum absolute atomic E-state index is 0.290. The summed E-state index contributed by atoms with van der Waals surface area (Å²) in [6.45, 7) is 2.03. The molecule has 20 heavy (non-hydrogen) atoms. The number of rotatable bonds is 8. The number of nitrogens with two attached hydrogens (primary N) is 1. The van der Waals surface area contributed by atoms with Gasteiger partial charge in [-0.15, -0.1) is 0 Å². The van der Waals surface area contributed by atoms with Crippen molar-refractivity contribution in [3.63, 3.8) is 0 Å². The molecular formula is C14H19F4NO. The first-order chi connectivity index (χ1) is 9.38. The van der Waals surface area contributed by atoms with Crippen LogP contribution in [0.2, 0.25) is 0 Å². The maximum Gasteiger partial charge on any atom is 0.461 e. The molecule has 0 heterocycles. The summed E-state index contributed by atoms with van der Waals surface area (Å²) in [5, 5.41) is 0. The van der Waals surface area contributed by atoms with Gasteiger partial charge in [-0.1, -0.05) is 44.4 Å². The predicted molar refractivity (Wildman–Crippen MR) is 69.1 cm³/mol. The molecule has 1 aromatic rings. The van der Waals surface area contributed by atoms with Gasteiger partial charge in [0.25, 0.3) is 0 Å². The van der Waals surface area contributed by atoms with E-state index in [0.29, 0.717) is 12.0 Å². The van der Waals surface area contributed by atoms with E-state index in [1.807, 2.05) is 6.92 Å². The number of para-hydroxylation sites is 1. The van der Waals surface area contributed by atoms with Crippen LogP contribution in [0.15, 0.2) is 24.3 Å². The third-order valence-electron chi connectivity index (χ3n) is 2.94. The summed E-state index contributed by atoms with van der Waals surface area (Å²) in [4.78, 5) is 0. The van der Waals surface area contributed by atoms with Crippen molar-refractivity contribution in [3.05, 3.63) is 29.8 Å². The van der Waals surface area contributed by atoms with Gasteiger partial charge in [0.15, 0.2) is 0 Å². The fraction of sp³-hybridized carbons (Fsp3) is 0.571. The molecule has 0 saturated heterocycles. The zero-order chi connectivity index (χ0) is 15.2. The van der Waals surface area contributed by atoms with Gasteiger partial charge in [0.1, 0.15) is 5.75 Å². The van der Waals surface area contributed by atoms with Gasteiger partial charge in [-0.2, -0.15) is 17.6 Å². The normalized spacial score (nSPS) is 13.6. The van der Waals surface area contributed by atoms with Crippen molar-refractivity contribution in [1.82, 2.24) is 0 Å². The quantitative estimate of drug-likeness (QED) is 0.565. The molecule has 0 aliphatic rings. The zero-order valence-electron chi connectivity index (χ0n) is 11.3.